The van der Waals surface area contributed by atoms with Gasteiger partial charge in [0.15, 0.2) is 5.96 Å². The van der Waals surface area contributed by atoms with Crippen LogP contribution in [0.1, 0.15) is 105 Å². The molecule has 31 heavy (non-hydrogen) atoms. The Morgan fingerprint density at radius 3 is 2.45 bits per heavy atom. The Morgan fingerprint density at radius 2 is 1.84 bits per heavy atom. The summed E-state index contributed by atoms with van der Waals surface area (Å²) in [5, 5.41) is 0. The van der Waals surface area contributed by atoms with Crippen molar-refractivity contribution in [3.05, 3.63) is 0 Å². The number of nitrogens with zero attached hydrogens (tertiary/aromatic N) is 3. The van der Waals surface area contributed by atoms with Crippen molar-refractivity contribution in [2.75, 3.05) is 19.6 Å². The molecule has 1 aliphatic carbocycles. The van der Waals surface area contributed by atoms with Gasteiger partial charge in [0.1, 0.15) is 5.54 Å². The van der Waals surface area contributed by atoms with Crippen molar-refractivity contribution < 1.29 is 9.59 Å². The van der Waals surface area contributed by atoms with Gasteiger partial charge in [0, 0.05) is 26.1 Å². The molecule has 0 radical (unpaired) electrons. The van der Waals surface area contributed by atoms with Crippen LogP contribution >= 0.6 is 0 Å². The molecule has 0 bridgehead atoms. The summed E-state index contributed by atoms with van der Waals surface area (Å²) < 4.78 is 0. The van der Waals surface area contributed by atoms with E-state index in [-0.39, 0.29) is 11.8 Å². The summed E-state index contributed by atoms with van der Waals surface area (Å²) in [6, 6.07) is 0. The summed E-state index contributed by atoms with van der Waals surface area (Å²) in [5.74, 6) is 1.79. The Balaban J connectivity index is 0.00000166. The van der Waals surface area contributed by atoms with E-state index >= 15 is 0 Å². The number of unbranched alkanes of at least 4 members (excludes halogenated alkanes) is 1. The second-order valence-electron chi connectivity index (χ2n) is 9.40. The van der Waals surface area contributed by atoms with E-state index in [1.54, 1.807) is 4.90 Å². The average molecular weight is 435 g/mol. The summed E-state index contributed by atoms with van der Waals surface area (Å²) in [7, 11) is 0. The monoisotopic (exact) mass is 434 g/mol. The third-order valence-corrected chi connectivity index (χ3v) is 7.26. The van der Waals surface area contributed by atoms with Crippen LogP contribution in [0.15, 0.2) is 4.99 Å². The molecule has 6 heteroatoms. The lowest BCUT2D eigenvalue weighted by Gasteiger charge is -2.31. The van der Waals surface area contributed by atoms with Crippen LogP contribution in [-0.2, 0) is 9.59 Å². The van der Waals surface area contributed by atoms with Crippen molar-refractivity contribution in [1.29, 1.82) is 0 Å². The zero-order valence-corrected chi connectivity index (χ0v) is 20.5. The Morgan fingerprint density at radius 1 is 1.13 bits per heavy atom. The highest BCUT2D eigenvalue weighted by Gasteiger charge is 2.49. The van der Waals surface area contributed by atoms with Gasteiger partial charge in [0.05, 0.1) is 0 Å². The zero-order valence-electron chi connectivity index (χ0n) is 20.5. The Bertz CT molecular complexity index is 615. The number of rotatable bonds is 9. The minimum absolute atomic E-state index is 0.0871. The molecule has 2 heterocycles. The first-order valence-electron chi connectivity index (χ1n) is 12.9. The lowest BCUT2D eigenvalue weighted by Crippen LogP contribution is -2.45. The van der Waals surface area contributed by atoms with Crippen molar-refractivity contribution in [3.8, 4) is 0 Å². The highest BCUT2D eigenvalue weighted by molar-refractivity contribution is 6.06. The van der Waals surface area contributed by atoms with E-state index in [0.29, 0.717) is 24.8 Å². The van der Waals surface area contributed by atoms with Crippen molar-refractivity contribution in [2.45, 2.75) is 110 Å². The molecule has 0 aromatic heterocycles. The topological polar surface area (TPSA) is 79.0 Å². The molecule has 1 saturated carbocycles. The zero-order chi connectivity index (χ0) is 22.9. The first-order chi connectivity index (χ1) is 15.0. The number of amides is 2. The number of carbonyl (C=O) groups is 2. The fourth-order valence-corrected chi connectivity index (χ4v) is 5.49. The maximum Gasteiger partial charge on any atom is 0.257 e. The molecular weight excluding hydrogens is 388 g/mol. The molecule has 2 aliphatic heterocycles. The van der Waals surface area contributed by atoms with Gasteiger partial charge in [0.2, 0.25) is 5.91 Å². The van der Waals surface area contributed by atoms with Gasteiger partial charge < -0.3 is 10.6 Å². The lowest BCUT2D eigenvalue weighted by molar-refractivity contribution is -0.132. The minimum Gasteiger partial charge on any atom is -0.369 e. The molecule has 3 rings (SSSR count). The standard InChI is InChI=1S/C23H40N4O2.C2H6/c1-3-5-11-20(28)26-15-13-19(17-26)16-23(14-12-18-9-7-6-8-10-18)21(29)27(4-2)22(24)25-23;1-2/h18-19H,3-17H2,1-2H3,(H2,24,25);1-2H3. The number of nitrogens with two attached hydrogens (primary N) is 1. The fourth-order valence-electron chi connectivity index (χ4n) is 5.49. The van der Waals surface area contributed by atoms with Crippen LogP contribution in [0.4, 0.5) is 0 Å². The molecule has 1 saturated heterocycles. The molecule has 2 amide bonds. The molecular formula is C25H46N4O2. The van der Waals surface area contributed by atoms with Crippen LogP contribution < -0.4 is 5.73 Å². The summed E-state index contributed by atoms with van der Waals surface area (Å²) in [4.78, 5) is 34.2. The molecule has 0 aromatic rings. The van der Waals surface area contributed by atoms with Crippen molar-refractivity contribution in [2.24, 2.45) is 22.6 Å². The van der Waals surface area contributed by atoms with Crippen LogP contribution in [0, 0.1) is 11.8 Å². The molecule has 6 nitrogen and oxygen atoms in total. The highest BCUT2D eigenvalue weighted by atomic mass is 16.2. The normalized spacial score (nSPS) is 26.6. The summed E-state index contributed by atoms with van der Waals surface area (Å²) in [6.45, 7) is 10.2. The van der Waals surface area contributed by atoms with Crippen molar-refractivity contribution in [3.63, 3.8) is 0 Å². The average Bonchev–Trinajstić information content (AvgIpc) is 3.35. The molecule has 0 aromatic carbocycles. The highest BCUT2D eigenvalue weighted by Crippen LogP contribution is 2.39. The number of likely N-dealkylation sites (tertiary alicyclic amines) is 1. The molecule has 2 N–H and O–H groups in total. The Labute approximate surface area is 190 Å². The third-order valence-electron chi connectivity index (χ3n) is 7.26. The summed E-state index contributed by atoms with van der Waals surface area (Å²) in [6.07, 6.45) is 12.7. The Hall–Kier alpha value is -1.59. The predicted molar refractivity (Wildman–Crippen MR) is 128 cm³/mol. The second-order valence-corrected chi connectivity index (χ2v) is 9.40. The number of aliphatic imine (C=N–C) groups is 1. The van der Waals surface area contributed by atoms with Gasteiger partial charge in [-0.1, -0.05) is 59.3 Å². The van der Waals surface area contributed by atoms with E-state index in [1.807, 2.05) is 25.7 Å². The number of hydrogen-bond acceptors (Lipinski definition) is 4. The summed E-state index contributed by atoms with van der Waals surface area (Å²) in [5.41, 5.74) is 5.46. The molecule has 2 atom stereocenters. The van der Waals surface area contributed by atoms with Crippen LogP contribution in [0.3, 0.4) is 0 Å². The first-order valence-corrected chi connectivity index (χ1v) is 12.9. The molecule has 0 spiro atoms. The van der Waals surface area contributed by atoms with Gasteiger partial charge in [-0.15, -0.1) is 0 Å². The smallest absolute Gasteiger partial charge is 0.257 e. The van der Waals surface area contributed by atoms with Crippen LogP contribution in [-0.4, -0.2) is 52.7 Å². The van der Waals surface area contributed by atoms with Gasteiger partial charge in [-0.05, 0) is 50.9 Å². The van der Waals surface area contributed by atoms with Crippen LogP contribution in [0.5, 0.6) is 0 Å². The molecule has 2 fully saturated rings. The van der Waals surface area contributed by atoms with Gasteiger partial charge in [-0.2, -0.15) is 0 Å². The molecule has 178 valence electrons. The maximum absolute atomic E-state index is 13.3. The van der Waals surface area contributed by atoms with E-state index in [4.69, 9.17) is 10.7 Å². The summed E-state index contributed by atoms with van der Waals surface area (Å²) >= 11 is 0. The van der Waals surface area contributed by atoms with E-state index in [0.717, 1.165) is 57.5 Å². The largest absolute Gasteiger partial charge is 0.369 e. The van der Waals surface area contributed by atoms with Gasteiger partial charge >= 0.3 is 0 Å². The lowest BCUT2D eigenvalue weighted by atomic mass is 9.78. The number of carbonyl (C=O) groups excluding carboxylic acids is 2. The third kappa shape index (κ3) is 6.45. The maximum atomic E-state index is 13.3. The van der Waals surface area contributed by atoms with Crippen LogP contribution in [0.25, 0.3) is 0 Å². The van der Waals surface area contributed by atoms with Crippen molar-refractivity contribution >= 4 is 17.8 Å². The van der Waals surface area contributed by atoms with Crippen LogP contribution in [0.2, 0.25) is 0 Å². The van der Waals surface area contributed by atoms with Gasteiger partial charge in [-0.3, -0.25) is 14.5 Å². The van der Waals surface area contributed by atoms with E-state index in [1.165, 1.54) is 32.1 Å². The van der Waals surface area contributed by atoms with Gasteiger partial charge in [0.25, 0.3) is 5.91 Å². The van der Waals surface area contributed by atoms with Crippen molar-refractivity contribution in [1.82, 2.24) is 9.80 Å². The second kappa shape index (κ2) is 12.4. The number of guanidine groups is 1. The predicted octanol–water partition coefficient (Wildman–Crippen LogP) is 4.72. The number of hydrogen-bond donors (Lipinski definition) is 1. The minimum atomic E-state index is -0.704. The molecule has 2 unspecified atom stereocenters. The van der Waals surface area contributed by atoms with E-state index in [9.17, 15) is 9.59 Å². The number of likely N-dealkylation sites (N-methyl/N-ethyl adjacent to an activating group) is 1. The molecule has 3 aliphatic rings. The quantitative estimate of drug-likeness (QED) is 0.570. The Kier molecular flexibility index (Phi) is 10.3. The van der Waals surface area contributed by atoms with Gasteiger partial charge in [-0.25, -0.2) is 4.99 Å². The fraction of sp³-hybridized carbons (Fsp3) is 0.880. The first kappa shape index (κ1) is 25.7. The van der Waals surface area contributed by atoms with E-state index in [2.05, 4.69) is 6.92 Å². The SMILES string of the molecule is CC.CCCCC(=O)N1CCC(CC2(CCC3CCCCC3)N=C(N)N(CC)C2=O)C1. The van der Waals surface area contributed by atoms with E-state index < -0.39 is 5.54 Å².